The third-order valence-electron chi connectivity index (χ3n) is 1.88. The van der Waals surface area contributed by atoms with Crippen LogP contribution in [-0.4, -0.2) is 12.1 Å². The molecule has 1 aromatic heterocycles. The van der Waals surface area contributed by atoms with Crippen LogP contribution in [-0.2, 0) is 0 Å². The quantitative estimate of drug-likeness (QED) is 0.671. The van der Waals surface area contributed by atoms with Gasteiger partial charge < -0.3 is 4.74 Å². The molecule has 0 radical (unpaired) electrons. The van der Waals surface area contributed by atoms with Crippen molar-refractivity contribution < 1.29 is 4.74 Å². The fraction of sp³-hybridized carbons (Fsp3) is 0.500. The Labute approximate surface area is 73.6 Å². The summed E-state index contributed by atoms with van der Waals surface area (Å²) >= 11 is 0. The van der Waals surface area contributed by atoms with Crippen LogP contribution >= 0.6 is 0 Å². The van der Waals surface area contributed by atoms with Gasteiger partial charge in [-0.1, -0.05) is 13.8 Å². The van der Waals surface area contributed by atoms with Crippen molar-refractivity contribution in [3.8, 4) is 5.75 Å². The maximum absolute atomic E-state index is 5.07. The summed E-state index contributed by atoms with van der Waals surface area (Å²) < 4.78 is 5.07. The molecule has 0 N–H and O–H groups in total. The van der Waals surface area contributed by atoms with Gasteiger partial charge in [-0.25, -0.2) is 0 Å². The first-order valence-electron chi connectivity index (χ1n) is 4.15. The van der Waals surface area contributed by atoms with Gasteiger partial charge in [0.15, 0.2) is 0 Å². The summed E-state index contributed by atoms with van der Waals surface area (Å²) in [5.74, 6) is 1.31. The van der Waals surface area contributed by atoms with E-state index < -0.39 is 0 Å². The summed E-state index contributed by atoms with van der Waals surface area (Å²) in [4.78, 5) is 4.32. The van der Waals surface area contributed by atoms with Crippen molar-refractivity contribution in [1.29, 1.82) is 0 Å². The Bertz CT molecular complexity index is 269. The molecule has 0 aliphatic rings. The van der Waals surface area contributed by atoms with Crippen molar-refractivity contribution in [1.82, 2.24) is 4.98 Å². The van der Waals surface area contributed by atoms with E-state index in [1.165, 1.54) is 5.56 Å². The zero-order chi connectivity index (χ0) is 9.14. The van der Waals surface area contributed by atoms with Gasteiger partial charge in [-0.2, -0.15) is 0 Å². The van der Waals surface area contributed by atoms with E-state index in [2.05, 4.69) is 25.8 Å². The van der Waals surface area contributed by atoms with Gasteiger partial charge in [0.1, 0.15) is 5.75 Å². The molecule has 0 aliphatic heterocycles. The Morgan fingerprint density at radius 2 is 2.08 bits per heavy atom. The van der Waals surface area contributed by atoms with E-state index in [0.29, 0.717) is 5.92 Å². The van der Waals surface area contributed by atoms with Gasteiger partial charge in [-0.15, -0.1) is 0 Å². The molecule has 0 saturated heterocycles. The molecule has 0 fully saturated rings. The molecule has 2 nitrogen and oxygen atoms in total. The van der Waals surface area contributed by atoms with Crippen molar-refractivity contribution in [2.24, 2.45) is 0 Å². The number of hydrogen-bond donors (Lipinski definition) is 0. The molecule has 0 spiro atoms. The molecule has 2 heteroatoms. The first-order chi connectivity index (χ1) is 5.65. The van der Waals surface area contributed by atoms with Crippen LogP contribution in [0.1, 0.15) is 31.0 Å². The fourth-order valence-electron chi connectivity index (χ4n) is 1.28. The van der Waals surface area contributed by atoms with E-state index in [-0.39, 0.29) is 0 Å². The molecule has 0 bridgehead atoms. The van der Waals surface area contributed by atoms with Gasteiger partial charge in [-0.05, 0) is 24.5 Å². The van der Waals surface area contributed by atoms with Crippen LogP contribution in [0.25, 0.3) is 0 Å². The monoisotopic (exact) mass is 165 g/mol. The topological polar surface area (TPSA) is 22.1 Å². The standard InChI is InChI=1S/C10H15NO/c1-7(2)10-8(3)5-9(12-4)6-11-10/h5-7H,1-4H3. The maximum Gasteiger partial charge on any atom is 0.137 e. The lowest BCUT2D eigenvalue weighted by atomic mass is 10.1. The summed E-state index contributed by atoms with van der Waals surface area (Å²) in [6.45, 7) is 6.34. The van der Waals surface area contributed by atoms with Gasteiger partial charge in [0.05, 0.1) is 13.3 Å². The second-order valence-corrected chi connectivity index (χ2v) is 3.23. The Morgan fingerprint density at radius 1 is 1.42 bits per heavy atom. The molecule has 1 aromatic rings. The zero-order valence-electron chi connectivity index (χ0n) is 8.09. The molecule has 0 aromatic carbocycles. The number of methoxy groups -OCH3 is 1. The zero-order valence-corrected chi connectivity index (χ0v) is 8.09. The number of aryl methyl sites for hydroxylation is 1. The number of pyridine rings is 1. The summed E-state index contributed by atoms with van der Waals surface area (Å²) in [5, 5.41) is 0. The molecular weight excluding hydrogens is 150 g/mol. The third kappa shape index (κ3) is 1.76. The Morgan fingerprint density at radius 3 is 2.50 bits per heavy atom. The molecule has 1 rings (SSSR count). The minimum absolute atomic E-state index is 0.482. The van der Waals surface area contributed by atoms with E-state index in [1.807, 2.05) is 6.07 Å². The summed E-state index contributed by atoms with van der Waals surface area (Å²) in [5.41, 5.74) is 2.35. The minimum atomic E-state index is 0.482. The number of ether oxygens (including phenoxy) is 1. The van der Waals surface area contributed by atoms with Crippen molar-refractivity contribution in [2.75, 3.05) is 7.11 Å². The second-order valence-electron chi connectivity index (χ2n) is 3.23. The maximum atomic E-state index is 5.07. The molecule has 0 unspecified atom stereocenters. The number of aromatic nitrogens is 1. The van der Waals surface area contributed by atoms with Crippen LogP contribution in [0.2, 0.25) is 0 Å². The number of nitrogens with zero attached hydrogens (tertiary/aromatic N) is 1. The lowest BCUT2D eigenvalue weighted by Gasteiger charge is -2.09. The summed E-state index contributed by atoms with van der Waals surface area (Å²) in [6.07, 6.45) is 1.77. The molecule has 0 saturated carbocycles. The van der Waals surface area contributed by atoms with E-state index in [4.69, 9.17) is 4.74 Å². The van der Waals surface area contributed by atoms with Crippen LogP contribution in [0.3, 0.4) is 0 Å². The summed E-state index contributed by atoms with van der Waals surface area (Å²) in [6, 6.07) is 2.02. The highest BCUT2D eigenvalue weighted by molar-refractivity contribution is 5.29. The van der Waals surface area contributed by atoms with E-state index in [1.54, 1.807) is 13.3 Å². The van der Waals surface area contributed by atoms with Crippen molar-refractivity contribution in [3.05, 3.63) is 23.5 Å². The first-order valence-corrected chi connectivity index (χ1v) is 4.15. The van der Waals surface area contributed by atoms with E-state index in [0.717, 1.165) is 11.4 Å². The first kappa shape index (κ1) is 9.04. The lowest BCUT2D eigenvalue weighted by molar-refractivity contribution is 0.412. The van der Waals surface area contributed by atoms with Crippen LogP contribution in [0.15, 0.2) is 12.3 Å². The van der Waals surface area contributed by atoms with Crippen LogP contribution in [0.4, 0.5) is 0 Å². The van der Waals surface area contributed by atoms with Crippen molar-refractivity contribution >= 4 is 0 Å². The predicted molar refractivity (Wildman–Crippen MR) is 49.6 cm³/mol. The third-order valence-corrected chi connectivity index (χ3v) is 1.88. The van der Waals surface area contributed by atoms with Gasteiger partial charge in [-0.3, -0.25) is 4.98 Å². The Kier molecular flexibility index (Phi) is 2.69. The lowest BCUT2D eigenvalue weighted by Crippen LogP contribution is -1.97. The van der Waals surface area contributed by atoms with Crippen LogP contribution in [0.5, 0.6) is 5.75 Å². The van der Waals surface area contributed by atoms with Crippen molar-refractivity contribution in [2.45, 2.75) is 26.7 Å². The smallest absolute Gasteiger partial charge is 0.137 e. The van der Waals surface area contributed by atoms with Gasteiger partial charge in [0.2, 0.25) is 0 Å². The Balaban J connectivity index is 3.03. The highest BCUT2D eigenvalue weighted by atomic mass is 16.5. The molecule has 0 atom stereocenters. The number of hydrogen-bond acceptors (Lipinski definition) is 2. The average Bonchev–Trinajstić information content (AvgIpc) is 2.03. The second kappa shape index (κ2) is 3.57. The largest absolute Gasteiger partial charge is 0.495 e. The van der Waals surface area contributed by atoms with Gasteiger partial charge in [0, 0.05) is 5.69 Å². The summed E-state index contributed by atoms with van der Waals surface area (Å²) in [7, 11) is 1.66. The number of rotatable bonds is 2. The average molecular weight is 165 g/mol. The highest BCUT2D eigenvalue weighted by Gasteiger charge is 2.05. The molecule has 1 heterocycles. The molecule has 0 aliphatic carbocycles. The molecule has 66 valence electrons. The molecular formula is C10H15NO. The van der Waals surface area contributed by atoms with Gasteiger partial charge in [0.25, 0.3) is 0 Å². The predicted octanol–water partition coefficient (Wildman–Crippen LogP) is 2.52. The normalized spacial score (nSPS) is 10.4. The Hall–Kier alpha value is -1.05. The van der Waals surface area contributed by atoms with Crippen molar-refractivity contribution in [3.63, 3.8) is 0 Å². The highest BCUT2D eigenvalue weighted by Crippen LogP contribution is 2.19. The fourth-order valence-corrected chi connectivity index (χ4v) is 1.28. The minimum Gasteiger partial charge on any atom is -0.495 e. The van der Waals surface area contributed by atoms with Crippen LogP contribution in [0, 0.1) is 6.92 Å². The molecule has 0 amide bonds. The SMILES string of the molecule is COc1cnc(C(C)C)c(C)c1. The van der Waals surface area contributed by atoms with Gasteiger partial charge >= 0.3 is 0 Å². The molecule has 12 heavy (non-hydrogen) atoms. The van der Waals surface area contributed by atoms with Crippen LogP contribution < -0.4 is 4.74 Å². The van der Waals surface area contributed by atoms with E-state index >= 15 is 0 Å². The van der Waals surface area contributed by atoms with E-state index in [9.17, 15) is 0 Å².